The topological polar surface area (TPSA) is 81.7 Å². The smallest absolute Gasteiger partial charge is 0.251 e. The fourth-order valence-electron chi connectivity index (χ4n) is 2.86. The molecule has 0 unspecified atom stereocenters. The van der Waals surface area contributed by atoms with Gasteiger partial charge in [-0.25, -0.2) is 4.98 Å². The maximum Gasteiger partial charge on any atom is 0.251 e. The van der Waals surface area contributed by atoms with Crippen molar-refractivity contribution >= 4 is 17.4 Å². The number of pyridine rings is 1. The molecule has 0 saturated carbocycles. The number of amides is 1. The first-order valence-corrected chi connectivity index (χ1v) is 8.76. The van der Waals surface area contributed by atoms with Gasteiger partial charge in [-0.1, -0.05) is 18.2 Å². The van der Waals surface area contributed by atoms with E-state index in [1.54, 1.807) is 25.4 Å². The van der Waals surface area contributed by atoms with Gasteiger partial charge in [-0.15, -0.1) is 0 Å². The summed E-state index contributed by atoms with van der Waals surface area (Å²) < 4.78 is 16.0. The third-order valence-corrected chi connectivity index (χ3v) is 4.28. The first-order valence-electron chi connectivity index (χ1n) is 8.76. The molecule has 0 aliphatic carbocycles. The molecular weight excluding hydrogens is 358 g/mol. The third-order valence-electron chi connectivity index (χ3n) is 4.28. The van der Waals surface area contributed by atoms with E-state index in [2.05, 4.69) is 15.6 Å². The van der Waals surface area contributed by atoms with Crippen LogP contribution in [0, 0.1) is 0 Å². The Morgan fingerprint density at radius 1 is 1.11 bits per heavy atom. The predicted molar refractivity (Wildman–Crippen MR) is 104 cm³/mol. The summed E-state index contributed by atoms with van der Waals surface area (Å²) in [6.07, 6.45) is 1.59. The SMILES string of the molecule is COc1ccccc1Nc1cc(C(=O)NCc2ccc3c(c2)OCO3)ccn1. The second-order valence-corrected chi connectivity index (χ2v) is 6.13. The Bertz CT molecular complexity index is 1010. The van der Waals surface area contributed by atoms with Gasteiger partial charge >= 0.3 is 0 Å². The first-order chi connectivity index (χ1) is 13.7. The molecule has 2 aromatic carbocycles. The fourth-order valence-corrected chi connectivity index (χ4v) is 2.86. The number of hydrogen-bond donors (Lipinski definition) is 2. The Morgan fingerprint density at radius 2 is 1.96 bits per heavy atom. The Kier molecular flexibility index (Phi) is 4.97. The van der Waals surface area contributed by atoms with E-state index < -0.39 is 0 Å². The minimum Gasteiger partial charge on any atom is -0.495 e. The number of para-hydroxylation sites is 2. The first kappa shape index (κ1) is 17.7. The van der Waals surface area contributed by atoms with E-state index in [9.17, 15) is 4.79 Å². The van der Waals surface area contributed by atoms with Gasteiger partial charge in [0.2, 0.25) is 6.79 Å². The number of nitrogens with one attached hydrogen (secondary N) is 2. The van der Waals surface area contributed by atoms with Gasteiger partial charge in [0, 0.05) is 18.3 Å². The van der Waals surface area contributed by atoms with Crippen LogP contribution in [0.15, 0.2) is 60.8 Å². The van der Waals surface area contributed by atoms with Gasteiger partial charge in [0.1, 0.15) is 11.6 Å². The van der Waals surface area contributed by atoms with Gasteiger partial charge in [-0.3, -0.25) is 4.79 Å². The van der Waals surface area contributed by atoms with Crippen molar-refractivity contribution < 1.29 is 19.0 Å². The van der Waals surface area contributed by atoms with Crippen LogP contribution in [0.2, 0.25) is 0 Å². The second kappa shape index (κ2) is 7.87. The maximum atomic E-state index is 12.5. The molecule has 28 heavy (non-hydrogen) atoms. The van der Waals surface area contributed by atoms with Crippen LogP contribution >= 0.6 is 0 Å². The van der Waals surface area contributed by atoms with Crippen molar-refractivity contribution in [3.8, 4) is 17.2 Å². The summed E-state index contributed by atoms with van der Waals surface area (Å²) in [4.78, 5) is 16.8. The number of aromatic nitrogens is 1. The zero-order valence-electron chi connectivity index (χ0n) is 15.3. The fraction of sp³-hybridized carbons (Fsp3) is 0.143. The van der Waals surface area contributed by atoms with Crippen molar-refractivity contribution in [1.29, 1.82) is 0 Å². The highest BCUT2D eigenvalue weighted by molar-refractivity contribution is 5.94. The largest absolute Gasteiger partial charge is 0.495 e. The Hall–Kier alpha value is -3.74. The predicted octanol–water partition coefficient (Wildman–Crippen LogP) is 3.49. The summed E-state index contributed by atoms with van der Waals surface area (Å²) in [6, 6.07) is 16.5. The molecule has 1 aliphatic heterocycles. The molecule has 1 aliphatic rings. The van der Waals surface area contributed by atoms with E-state index in [0.717, 1.165) is 17.0 Å². The van der Waals surface area contributed by atoms with E-state index >= 15 is 0 Å². The van der Waals surface area contributed by atoms with Crippen molar-refractivity contribution in [3.63, 3.8) is 0 Å². The lowest BCUT2D eigenvalue weighted by Crippen LogP contribution is -2.22. The molecule has 0 spiro atoms. The summed E-state index contributed by atoms with van der Waals surface area (Å²) in [5.41, 5.74) is 2.21. The monoisotopic (exact) mass is 377 g/mol. The van der Waals surface area contributed by atoms with Gasteiger partial charge in [-0.05, 0) is 42.0 Å². The number of ether oxygens (including phenoxy) is 3. The van der Waals surface area contributed by atoms with Crippen LogP contribution in [-0.4, -0.2) is 24.8 Å². The molecule has 142 valence electrons. The molecule has 4 rings (SSSR count). The van der Waals surface area contributed by atoms with Gasteiger partial charge in [0.25, 0.3) is 5.91 Å². The lowest BCUT2D eigenvalue weighted by molar-refractivity contribution is 0.0950. The highest BCUT2D eigenvalue weighted by atomic mass is 16.7. The lowest BCUT2D eigenvalue weighted by Gasteiger charge is -2.11. The normalized spacial score (nSPS) is 11.8. The molecule has 1 amide bonds. The Morgan fingerprint density at radius 3 is 2.86 bits per heavy atom. The van der Waals surface area contributed by atoms with Crippen LogP contribution in [-0.2, 0) is 6.54 Å². The lowest BCUT2D eigenvalue weighted by atomic mass is 10.2. The highest BCUT2D eigenvalue weighted by Gasteiger charge is 2.14. The van der Waals surface area contributed by atoms with E-state index in [4.69, 9.17) is 14.2 Å². The van der Waals surface area contributed by atoms with E-state index in [1.165, 1.54) is 0 Å². The van der Waals surface area contributed by atoms with Crippen LogP contribution in [0.25, 0.3) is 0 Å². The summed E-state index contributed by atoms with van der Waals surface area (Å²) >= 11 is 0. The minimum absolute atomic E-state index is 0.192. The molecule has 2 N–H and O–H groups in total. The second-order valence-electron chi connectivity index (χ2n) is 6.13. The molecule has 0 fully saturated rings. The zero-order valence-corrected chi connectivity index (χ0v) is 15.3. The van der Waals surface area contributed by atoms with E-state index in [-0.39, 0.29) is 12.7 Å². The third kappa shape index (κ3) is 3.83. The number of carbonyl (C=O) groups excluding carboxylic acids is 1. The maximum absolute atomic E-state index is 12.5. The average molecular weight is 377 g/mol. The van der Waals surface area contributed by atoms with Crippen LogP contribution in [0.4, 0.5) is 11.5 Å². The number of nitrogens with zero attached hydrogens (tertiary/aromatic N) is 1. The summed E-state index contributed by atoms with van der Waals surface area (Å²) in [7, 11) is 1.61. The summed E-state index contributed by atoms with van der Waals surface area (Å²) in [5, 5.41) is 6.08. The van der Waals surface area contributed by atoms with Crippen molar-refractivity contribution in [2.75, 3.05) is 19.2 Å². The number of rotatable bonds is 6. The van der Waals surface area contributed by atoms with Gasteiger partial charge in [0.15, 0.2) is 11.5 Å². The van der Waals surface area contributed by atoms with E-state index in [0.29, 0.717) is 29.4 Å². The summed E-state index contributed by atoms with van der Waals surface area (Å²) in [6.45, 7) is 0.608. The Labute approximate surface area is 162 Å². The molecule has 0 atom stereocenters. The van der Waals surface area contributed by atoms with Crippen molar-refractivity contribution in [2.45, 2.75) is 6.54 Å². The number of anilines is 2. The number of hydrogen-bond acceptors (Lipinski definition) is 6. The average Bonchev–Trinajstić information content (AvgIpc) is 3.20. The van der Waals surface area contributed by atoms with Crippen molar-refractivity contribution in [2.24, 2.45) is 0 Å². The van der Waals surface area contributed by atoms with Crippen LogP contribution in [0.3, 0.4) is 0 Å². The molecule has 0 radical (unpaired) electrons. The molecule has 7 nitrogen and oxygen atoms in total. The van der Waals surface area contributed by atoms with Crippen molar-refractivity contribution in [3.05, 3.63) is 71.9 Å². The molecule has 7 heteroatoms. The van der Waals surface area contributed by atoms with Gasteiger partial charge in [0.05, 0.1) is 12.8 Å². The van der Waals surface area contributed by atoms with Crippen molar-refractivity contribution in [1.82, 2.24) is 10.3 Å². The number of carbonyl (C=O) groups is 1. The molecular formula is C21H19N3O4. The zero-order chi connectivity index (χ0) is 19.3. The van der Waals surface area contributed by atoms with Crippen LogP contribution in [0.5, 0.6) is 17.2 Å². The van der Waals surface area contributed by atoms with Gasteiger partial charge in [-0.2, -0.15) is 0 Å². The molecule has 1 aromatic heterocycles. The molecule has 3 aromatic rings. The molecule has 2 heterocycles. The number of methoxy groups -OCH3 is 1. The van der Waals surface area contributed by atoms with Crippen LogP contribution < -0.4 is 24.8 Å². The molecule has 0 bridgehead atoms. The van der Waals surface area contributed by atoms with Crippen LogP contribution in [0.1, 0.15) is 15.9 Å². The van der Waals surface area contributed by atoms with Gasteiger partial charge < -0.3 is 24.8 Å². The standard InChI is InChI=1S/C21H19N3O4/c1-26-17-5-3-2-4-16(17)24-20-11-15(8-9-22-20)21(25)23-12-14-6-7-18-19(10-14)28-13-27-18/h2-11H,12-13H2,1H3,(H,22,24)(H,23,25). The number of benzene rings is 2. The number of fused-ring (bicyclic) bond motifs is 1. The molecule has 0 saturated heterocycles. The van der Waals surface area contributed by atoms with E-state index in [1.807, 2.05) is 42.5 Å². The quantitative estimate of drug-likeness (QED) is 0.684. The Balaban J connectivity index is 1.43. The highest BCUT2D eigenvalue weighted by Crippen LogP contribution is 2.32. The summed E-state index contributed by atoms with van der Waals surface area (Å²) in [5.74, 6) is 2.47. The minimum atomic E-state index is -0.192.